The average Bonchev–Trinajstić information content (AvgIpc) is 2.86. The number of methoxy groups -OCH3 is 1. The monoisotopic (exact) mass is 585 g/mol. The van der Waals surface area contributed by atoms with E-state index in [1.165, 1.54) is 7.11 Å². The lowest BCUT2D eigenvalue weighted by atomic mass is 9.72. The Bertz CT molecular complexity index is 1180. The third-order valence-electron chi connectivity index (χ3n) is 6.58. The fraction of sp³-hybridized carbons (Fsp3) is 0.483. The third-order valence-corrected chi connectivity index (χ3v) is 7.17. The van der Waals surface area contributed by atoms with E-state index in [1.807, 2.05) is 26.0 Å². The average molecular weight is 587 g/mol. The lowest BCUT2D eigenvalue weighted by molar-refractivity contribution is -0.124. The molecule has 38 heavy (non-hydrogen) atoms. The predicted octanol–water partition coefficient (Wildman–Crippen LogP) is 5.06. The molecule has 3 rings (SSSR count). The van der Waals surface area contributed by atoms with Crippen LogP contribution in [0.5, 0.6) is 11.5 Å². The molecule has 0 saturated carbocycles. The number of hydrogen-bond donors (Lipinski definition) is 2. The summed E-state index contributed by atoms with van der Waals surface area (Å²) in [4.78, 5) is 24.9. The van der Waals surface area contributed by atoms with Crippen LogP contribution < -0.4 is 20.1 Å². The van der Waals surface area contributed by atoms with Gasteiger partial charge in [-0.05, 0) is 72.3 Å². The maximum Gasteiger partial charge on any atom is 0.246 e. The number of Topliss-reactive ketones (excluding diaryl/α,β-unsaturated/α-hetero) is 1. The molecule has 0 fully saturated rings. The number of carbonyl (C=O) groups excluding carboxylic acids is 2. The molecule has 1 aromatic carbocycles. The van der Waals surface area contributed by atoms with Crippen molar-refractivity contribution in [1.82, 2.24) is 10.6 Å². The molecule has 1 aliphatic carbocycles. The van der Waals surface area contributed by atoms with Crippen LogP contribution in [0.1, 0.15) is 57.9 Å². The van der Waals surface area contributed by atoms with Crippen molar-refractivity contribution in [3.05, 3.63) is 56.9 Å². The zero-order valence-corrected chi connectivity index (χ0v) is 24.1. The van der Waals surface area contributed by atoms with Crippen LogP contribution >= 0.6 is 15.9 Å². The zero-order chi connectivity index (χ0) is 27.7. The largest absolute Gasteiger partial charge is 0.490 e. The second-order valence-corrected chi connectivity index (χ2v) is 10.2. The van der Waals surface area contributed by atoms with Gasteiger partial charge in [-0.3, -0.25) is 9.59 Å². The lowest BCUT2D eigenvalue weighted by Crippen LogP contribution is -2.34. The highest BCUT2D eigenvalue weighted by Crippen LogP contribution is 2.47. The number of benzene rings is 1. The molecule has 0 aromatic heterocycles. The highest BCUT2D eigenvalue weighted by molar-refractivity contribution is 9.10. The van der Waals surface area contributed by atoms with Crippen molar-refractivity contribution in [3.63, 3.8) is 0 Å². The SMILES string of the molecule is CCCC1CC(=O)C2=C(C1)NC(C)=C(C#N)C2c1cc(Br)c(OCC=CCNC(=O)COC)c(OCC)c1. The van der Waals surface area contributed by atoms with Crippen molar-refractivity contribution in [2.45, 2.75) is 52.4 Å². The maximum atomic E-state index is 13.4. The summed E-state index contributed by atoms with van der Waals surface area (Å²) in [5, 5.41) is 16.1. The van der Waals surface area contributed by atoms with Gasteiger partial charge in [0.25, 0.3) is 0 Å². The van der Waals surface area contributed by atoms with Crippen molar-refractivity contribution in [2.24, 2.45) is 5.92 Å². The molecular weight excluding hydrogens is 550 g/mol. The summed E-state index contributed by atoms with van der Waals surface area (Å²) < 4.78 is 17.4. The summed E-state index contributed by atoms with van der Waals surface area (Å²) in [5.41, 5.74) is 3.72. The van der Waals surface area contributed by atoms with Crippen LogP contribution in [0.2, 0.25) is 0 Å². The number of amides is 1. The number of nitriles is 1. The topological polar surface area (TPSA) is 110 Å². The molecule has 2 unspecified atom stereocenters. The number of ether oxygens (including phenoxy) is 3. The molecule has 2 atom stereocenters. The number of carbonyl (C=O) groups is 2. The zero-order valence-electron chi connectivity index (χ0n) is 22.5. The van der Waals surface area contributed by atoms with Crippen LogP contribution in [0.4, 0.5) is 0 Å². The van der Waals surface area contributed by atoms with Crippen LogP contribution in [0, 0.1) is 17.2 Å². The minimum absolute atomic E-state index is 0.0178. The fourth-order valence-electron chi connectivity index (χ4n) is 5.01. The molecule has 2 aliphatic rings. The molecule has 1 amide bonds. The second kappa shape index (κ2) is 14.2. The minimum atomic E-state index is -0.466. The summed E-state index contributed by atoms with van der Waals surface area (Å²) in [7, 11) is 1.47. The summed E-state index contributed by atoms with van der Waals surface area (Å²) in [5.74, 6) is 0.819. The van der Waals surface area contributed by atoms with Gasteiger partial charge in [0.2, 0.25) is 5.91 Å². The Morgan fingerprint density at radius 1 is 1.26 bits per heavy atom. The first-order valence-corrected chi connectivity index (χ1v) is 13.8. The first-order valence-electron chi connectivity index (χ1n) is 13.0. The molecule has 0 bridgehead atoms. The quantitative estimate of drug-likeness (QED) is 0.330. The van der Waals surface area contributed by atoms with Crippen molar-refractivity contribution in [2.75, 3.05) is 33.5 Å². The van der Waals surface area contributed by atoms with Crippen LogP contribution in [0.3, 0.4) is 0 Å². The Hall–Kier alpha value is -3.09. The number of nitrogens with one attached hydrogen (secondary N) is 2. The first kappa shape index (κ1) is 29.5. The van der Waals surface area contributed by atoms with Crippen LogP contribution in [-0.2, 0) is 14.3 Å². The molecule has 204 valence electrons. The number of hydrogen-bond acceptors (Lipinski definition) is 7. The van der Waals surface area contributed by atoms with Gasteiger partial charge in [0.05, 0.1) is 28.6 Å². The summed E-state index contributed by atoms with van der Waals surface area (Å²) in [6.45, 7) is 6.99. The molecule has 8 nitrogen and oxygen atoms in total. The van der Waals surface area contributed by atoms with E-state index in [2.05, 4.69) is 39.6 Å². The van der Waals surface area contributed by atoms with E-state index < -0.39 is 5.92 Å². The van der Waals surface area contributed by atoms with Crippen molar-refractivity contribution >= 4 is 27.6 Å². The van der Waals surface area contributed by atoms with Gasteiger partial charge >= 0.3 is 0 Å². The number of halogens is 1. The van der Waals surface area contributed by atoms with Gasteiger partial charge in [-0.25, -0.2) is 0 Å². The number of allylic oxidation sites excluding steroid dienone is 4. The number of rotatable bonds is 12. The van der Waals surface area contributed by atoms with E-state index in [0.717, 1.165) is 36.2 Å². The van der Waals surface area contributed by atoms with E-state index in [9.17, 15) is 14.9 Å². The van der Waals surface area contributed by atoms with Gasteiger partial charge in [0.15, 0.2) is 17.3 Å². The molecule has 1 aliphatic heterocycles. The predicted molar refractivity (Wildman–Crippen MR) is 149 cm³/mol. The van der Waals surface area contributed by atoms with Crippen molar-refractivity contribution in [3.8, 4) is 17.6 Å². The Morgan fingerprint density at radius 2 is 2.05 bits per heavy atom. The summed E-state index contributed by atoms with van der Waals surface area (Å²) in [6.07, 6.45) is 6.95. The van der Waals surface area contributed by atoms with Crippen LogP contribution in [-0.4, -0.2) is 45.2 Å². The van der Waals surface area contributed by atoms with Gasteiger partial charge in [0, 0.05) is 37.0 Å². The molecule has 0 spiro atoms. The minimum Gasteiger partial charge on any atom is -0.490 e. The molecule has 1 heterocycles. The van der Waals surface area contributed by atoms with Gasteiger partial charge in [0.1, 0.15) is 13.2 Å². The van der Waals surface area contributed by atoms with Gasteiger partial charge in [-0.15, -0.1) is 0 Å². The highest BCUT2D eigenvalue weighted by Gasteiger charge is 2.39. The van der Waals surface area contributed by atoms with Crippen LogP contribution in [0.15, 0.2) is 51.3 Å². The molecule has 0 saturated heterocycles. The number of dihydropyridines is 1. The fourth-order valence-corrected chi connectivity index (χ4v) is 5.58. The Kier molecular flexibility index (Phi) is 11.0. The normalized spacial score (nSPS) is 19.2. The van der Waals surface area contributed by atoms with E-state index in [-0.39, 0.29) is 24.9 Å². The van der Waals surface area contributed by atoms with Crippen LogP contribution in [0.25, 0.3) is 0 Å². The number of ketones is 1. The molecule has 9 heteroatoms. The van der Waals surface area contributed by atoms with E-state index >= 15 is 0 Å². The Labute approximate surface area is 233 Å². The number of nitrogens with zero attached hydrogens (tertiary/aromatic N) is 1. The smallest absolute Gasteiger partial charge is 0.246 e. The molecule has 0 radical (unpaired) electrons. The highest BCUT2D eigenvalue weighted by atomic mass is 79.9. The molecule has 2 N–H and O–H groups in total. The summed E-state index contributed by atoms with van der Waals surface area (Å²) in [6, 6.07) is 6.12. The van der Waals surface area contributed by atoms with E-state index in [0.29, 0.717) is 52.6 Å². The third kappa shape index (κ3) is 7.06. The van der Waals surface area contributed by atoms with Gasteiger partial charge in [-0.2, -0.15) is 5.26 Å². The van der Waals surface area contributed by atoms with Gasteiger partial charge in [-0.1, -0.05) is 19.4 Å². The van der Waals surface area contributed by atoms with E-state index in [4.69, 9.17) is 14.2 Å². The summed E-state index contributed by atoms with van der Waals surface area (Å²) >= 11 is 3.63. The lowest BCUT2D eigenvalue weighted by Gasteiger charge is -2.35. The second-order valence-electron chi connectivity index (χ2n) is 9.37. The van der Waals surface area contributed by atoms with E-state index in [1.54, 1.807) is 12.2 Å². The Morgan fingerprint density at radius 3 is 2.74 bits per heavy atom. The van der Waals surface area contributed by atoms with Gasteiger partial charge < -0.3 is 24.8 Å². The first-order chi connectivity index (χ1) is 18.3. The molecule has 1 aromatic rings. The maximum absolute atomic E-state index is 13.4. The van der Waals surface area contributed by atoms with Crippen molar-refractivity contribution < 1.29 is 23.8 Å². The van der Waals surface area contributed by atoms with Crippen molar-refractivity contribution in [1.29, 1.82) is 5.26 Å². The molecular formula is C29H36BrN3O5. The Balaban J connectivity index is 1.89. The standard InChI is InChI=1S/C29H36BrN3O5/c1-5-9-19-12-23-28(24(34)13-19)27(21(16-31)18(3)33-23)20-14-22(30)29(25(15-20)37-6-2)38-11-8-7-10-32-26(35)17-36-4/h7-8,14-15,19,27,33H,5-6,9-13,17H2,1-4H3,(H,32,35).